The molecular formula is C23H30N4O3. The van der Waals surface area contributed by atoms with E-state index >= 15 is 0 Å². The summed E-state index contributed by atoms with van der Waals surface area (Å²) in [5.41, 5.74) is 1.01. The SMILES string of the molecule is CCC(C)N1CC(NC(=O)c2cc(C3CC3)on2)CC1CNC(=O)c1ccccc1. The molecule has 1 aromatic heterocycles. The molecule has 30 heavy (non-hydrogen) atoms. The number of amides is 2. The summed E-state index contributed by atoms with van der Waals surface area (Å²) in [4.78, 5) is 27.5. The normalized spacial score (nSPS) is 22.6. The molecule has 1 saturated carbocycles. The van der Waals surface area contributed by atoms with Crippen molar-refractivity contribution in [3.63, 3.8) is 0 Å². The number of rotatable bonds is 8. The Balaban J connectivity index is 1.35. The quantitative estimate of drug-likeness (QED) is 0.699. The van der Waals surface area contributed by atoms with Gasteiger partial charge in [-0.1, -0.05) is 30.3 Å². The van der Waals surface area contributed by atoms with Gasteiger partial charge in [-0.2, -0.15) is 0 Å². The topological polar surface area (TPSA) is 87.5 Å². The lowest BCUT2D eigenvalue weighted by Crippen LogP contribution is -2.44. The maximum Gasteiger partial charge on any atom is 0.273 e. The number of likely N-dealkylation sites (tertiary alicyclic amines) is 1. The van der Waals surface area contributed by atoms with Crippen molar-refractivity contribution in [3.05, 3.63) is 53.4 Å². The van der Waals surface area contributed by atoms with Crippen LogP contribution in [0.5, 0.6) is 0 Å². The van der Waals surface area contributed by atoms with Gasteiger partial charge in [0.25, 0.3) is 11.8 Å². The number of hydrogen-bond acceptors (Lipinski definition) is 5. The van der Waals surface area contributed by atoms with Gasteiger partial charge in [0.2, 0.25) is 0 Å². The molecule has 2 amide bonds. The Morgan fingerprint density at radius 2 is 2.00 bits per heavy atom. The Labute approximate surface area is 177 Å². The molecule has 7 heteroatoms. The molecule has 3 atom stereocenters. The van der Waals surface area contributed by atoms with Crippen molar-refractivity contribution in [2.45, 2.75) is 63.6 Å². The third-order valence-electron chi connectivity index (χ3n) is 6.22. The Kier molecular flexibility index (Phi) is 6.18. The number of benzene rings is 1. The molecule has 7 nitrogen and oxygen atoms in total. The molecule has 1 aliphatic carbocycles. The predicted molar refractivity (Wildman–Crippen MR) is 113 cm³/mol. The fourth-order valence-electron chi connectivity index (χ4n) is 4.14. The molecule has 2 aliphatic rings. The van der Waals surface area contributed by atoms with Crippen LogP contribution in [0.15, 0.2) is 40.9 Å². The van der Waals surface area contributed by atoms with Crippen LogP contribution in [0.25, 0.3) is 0 Å². The Hall–Kier alpha value is -2.67. The fraction of sp³-hybridized carbons (Fsp3) is 0.522. The zero-order chi connectivity index (χ0) is 21.1. The highest BCUT2D eigenvalue weighted by atomic mass is 16.5. The lowest BCUT2D eigenvalue weighted by Gasteiger charge is -2.30. The van der Waals surface area contributed by atoms with Gasteiger partial charge in [-0.3, -0.25) is 14.5 Å². The second-order valence-electron chi connectivity index (χ2n) is 8.48. The summed E-state index contributed by atoms with van der Waals surface area (Å²) in [5.74, 6) is 0.995. The smallest absolute Gasteiger partial charge is 0.273 e. The van der Waals surface area contributed by atoms with Gasteiger partial charge in [0, 0.05) is 48.8 Å². The van der Waals surface area contributed by atoms with E-state index in [1.165, 1.54) is 0 Å². The zero-order valence-corrected chi connectivity index (χ0v) is 17.6. The number of aromatic nitrogens is 1. The first-order valence-electron chi connectivity index (χ1n) is 10.9. The minimum absolute atomic E-state index is 0.0196. The van der Waals surface area contributed by atoms with Gasteiger partial charge in [0.05, 0.1) is 0 Å². The van der Waals surface area contributed by atoms with Gasteiger partial charge in [-0.15, -0.1) is 0 Å². The van der Waals surface area contributed by atoms with Crippen molar-refractivity contribution in [1.82, 2.24) is 20.7 Å². The summed E-state index contributed by atoms with van der Waals surface area (Å²) in [5, 5.41) is 10.1. The van der Waals surface area contributed by atoms with Crippen LogP contribution < -0.4 is 10.6 Å². The van der Waals surface area contributed by atoms with Gasteiger partial charge in [-0.25, -0.2) is 0 Å². The molecule has 2 aromatic rings. The van der Waals surface area contributed by atoms with E-state index in [4.69, 9.17) is 4.52 Å². The van der Waals surface area contributed by atoms with Crippen LogP contribution in [0.4, 0.5) is 0 Å². The van der Waals surface area contributed by atoms with Crippen LogP contribution in [0.1, 0.15) is 72.1 Å². The third kappa shape index (κ3) is 4.73. The summed E-state index contributed by atoms with van der Waals surface area (Å²) < 4.78 is 5.31. The molecule has 160 valence electrons. The molecule has 1 aliphatic heterocycles. The Morgan fingerprint density at radius 1 is 1.23 bits per heavy atom. The first-order valence-corrected chi connectivity index (χ1v) is 10.9. The van der Waals surface area contributed by atoms with E-state index < -0.39 is 0 Å². The average molecular weight is 411 g/mol. The second kappa shape index (κ2) is 9.00. The van der Waals surface area contributed by atoms with E-state index in [1.54, 1.807) is 6.07 Å². The largest absolute Gasteiger partial charge is 0.360 e. The van der Waals surface area contributed by atoms with Crippen molar-refractivity contribution >= 4 is 11.8 Å². The minimum Gasteiger partial charge on any atom is -0.360 e. The second-order valence-corrected chi connectivity index (χ2v) is 8.48. The van der Waals surface area contributed by atoms with Gasteiger partial charge in [0.15, 0.2) is 5.69 Å². The summed E-state index contributed by atoms with van der Waals surface area (Å²) >= 11 is 0. The first-order chi connectivity index (χ1) is 14.5. The fourth-order valence-corrected chi connectivity index (χ4v) is 4.14. The Morgan fingerprint density at radius 3 is 2.70 bits per heavy atom. The number of hydrogen-bond donors (Lipinski definition) is 2. The maximum atomic E-state index is 12.6. The molecule has 2 N–H and O–H groups in total. The number of carbonyl (C=O) groups is 2. The van der Waals surface area contributed by atoms with Crippen molar-refractivity contribution in [3.8, 4) is 0 Å². The number of nitrogens with zero attached hydrogens (tertiary/aromatic N) is 2. The van der Waals surface area contributed by atoms with Crippen LogP contribution in [0.3, 0.4) is 0 Å². The molecule has 2 fully saturated rings. The van der Waals surface area contributed by atoms with Crippen LogP contribution in [0, 0.1) is 0 Å². The molecule has 4 rings (SSSR count). The van der Waals surface area contributed by atoms with Crippen molar-refractivity contribution < 1.29 is 14.1 Å². The van der Waals surface area contributed by atoms with Crippen molar-refractivity contribution in [2.24, 2.45) is 0 Å². The Bertz CT molecular complexity index is 878. The summed E-state index contributed by atoms with van der Waals surface area (Å²) in [6.45, 7) is 5.67. The number of carbonyl (C=O) groups excluding carboxylic acids is 2. The predicted octanol–water partition coefficient (Wildman–Crippen LogP) is 2.95. The van der Waals surface area contributed by atoms with Crippen LogP contribution in [-0.2, 0) is 0 Å². The summed E-state index contributed by atoms with van der Waals surface area (Å²) in [6.07, 6.45) is 4.02. The highest BCUT2D eigenvalue weighted by Crippen LogP contribution is 2.40. The first kappa shape index (κ1) is 20.6. The zero-order valence-electron chi connectivity index (χ0n) is 17.6. The third-order valence-corrected chi connectivity index (χ3v) is 6.22. The van der Waals surface area contributed by atoms with Gasteiger partial charge in [0.1, 0.15) is 5.76 Å². The van der Waals surface area contributed by atoms with Crippen molar-refractivity contribution in [2.75, 3.05) is 13.1 Å². The summed E-state index contributed by atoms with van der Waals surface area (Å²) in [7, 11) is 0. The highest BCUT2D eigenvalue weighted by molar-refractivity contribution is 5.94. The molecule has 1 aromatic carbocycles. The standard InChI is InChI=1S/C23H30N4O3/c1-3-15(2)27-14-18(25-23(29)20-12-21(30-26-20)16-9-10-16)11-19(27)13-24-22(28)17-7-5-4-6-8-17/h4-8,12,15-16,18-19H,3,9-11,13-14H2,1-2H3,(H,24,28)(H,25,29). The van der Waals surface area contributed by atoms with Crippen LogP contribution in [-0.4, -0.2) is 53.1 Å². The van der Waals surface area contributed by atoms with Crippen LogP contribution >= 0.6 is 0 Å². The molecular weight excluding hydrogens is 380 g/mol. The van der Waals surface area contributed by atoms with Gasteiger partial charge < -0.3 is 15.2 Å². The van der Waals surface area contributed by atoms with E-state index in [1.807, 2.05) is 30.3 Å². The lowest BCUT2D eigenvalue weighted by molar-refractivity contribution is 0.0924. The molecule has 0 spiro atoms. The monoisotopic (exact) mass is 410 g/mol. The van der Waals surface area contributed by atoms with E-state index in [2.05, 4.69) is 34.5 Å². The maximum absolute atomic E-state index is 12.6. The molecule has 2 heterocycles. The van der Waals surface area contributed by atoms with Gasteiger partial charge in [-0.05, 0) is 44.7 Å². The average Bonchev–Trinajstić information content (AvgIpc) is 3.35. The van der Waals surface area contributed by atoms with Gasteiger partial charge >= 0.3 is 0 Å². The molecule has 0 bridgehead atoms. The highest BCUT2D eigenvalue weighted by Gasteiger charge is 2.36. The van der Waals surface area contributed by atoms with E-state index in [0.717, 1.165) is 38.0 Å². The number of nitrogens with one attached hydrogen (secondary N) is 2. The van der Waals surface area contributed by atoms with E-state index in [0.29, 0.717) is 29.8 Å². The summed E-state index contributed by atoms with van der Waals surface area (Å²) in [6, 6.07) is 11.6. The van der Waals surface area contributed by atoms with E-state index in [9.17, 15) is 9.59 Å². The molecule has 0 radical (unpaired) electrons. The van der Waals surface area contributed by atoms with Crippen LogP contribution in [0.2, 0.25) is 0 Å². The molecule has 1 saturated heterocycles. The lowest BCUT2D eigenvalue weighted by atomic mass is 10.1. The van der Waals surface area contributed by atoms with E-state index in [-0.39, 0.29) is 23.9 Å². The van der Waals surface area contributed by atoms with Crippen molar-refractivity contribution in [1.29, 1.82) is 0 Å². The molecule has 3 unspecified atom stereocenters. The minimum atomic E-state index is -0.186.